The summed E-state index contributed by atoms with van der Waals surface area (Å²) in [5.74, 6) is -0.302. The Morgan fingerprint density at radius 1 is 1.21 bits per heavy atom. The van der Waals surface area contributed by atoms with Crippen LogP contribution in [0.3, 0.4) is 0 Å². The molecule has 3 heterocycles. The Bertz CT molecular complexity index is 1390. The van der Waals surface area contributed by atoms with Gasteiger partial charge in [-0.3, -0.25) is 9.59 Å². The highest BCUT2D eigenvalue weighted by Crippen LogP contribution is 2.45. The van der Waals surface area contributed by atoms with E-state index in [2.05, 4.69) is 11.5 Å². The van der Waals surface area contributed by atoms with E-state index >= 15 is 0 Å². The van der Waals surface area contributed by atoms with Gasteiger partial charge in [0.25, 0.3) is 0 Å². The molecule has 8 nitrogen and oxygen atoms in total. The monoisotopic (exact) mass is 451 g/mol. The molecule has 2 fully saturated rings. The fourth-order valence-corrected chi connectivity index (χ4v) is 5.78. The molecule has 0 spiro atoms. The molecule has 1 saturated heterocycles. The van der Waals surface area contributed by atoms with Crippen molar-refractivity contribution in [1.82, 2.24) is 4.90 Å². The maximum Gasteiger partial charge on any atom is 0.236 e. The lowest BCUT2D eigenvalue weighted by molar-refractivity contribution is -0.307. The van der Waals surface area contributed by atoms with Crippen LogP contribution in [0.5, 0.6) is 5.75 Å². The molecule has 5 atom stereocenters. The lowest BCUT2D eigenvalue weighted by atomic mass is 9.82. The Kier molecular flexibility index (Phi) is 4.04. The lowest BCUT2D eigenvalue weighted by Gasteiger charge is -2.42. The summed E-state index contributed by atoms with van der Waals surface area (Å²) >= 11 is 0. The molecule has 172 valence electrons. The van der Waals surface area contributed by atoms with Crippen LogP contribution >= 0.6 is 0 Å². The van der Waals surface area contributed by atoms with Gasteiger partial charge in [0.1, 0.15) is 18.0 Å². The Hall–Kier alpha value is -2.78. The fraction of sp³-hybridized carbons (Fsp3) is 0.440. The summed E-state index contributed by atoms with van der Waals surface area (Å²) in [4.78, 5) is 29.1. The first-order valence-electron chi connectivity index (χ1n) is 11.2. The van der Waals surface area contributed by atoms with Gasteiger partial charge in [-0.15, -0.1) is 0 Å². The second-order valence-corrected chi connectivity index (χ2v) is 9.62. The minimum absolute atomic E-state index is 0.0241. The fourth-order valence-electron chi connectivity index (χ4n) is 5.78. The average molecular weight is 451 g/mol. The van der Waals surface area contributed by atoms with Crippen molar-refractivity contribution in [3.05, 3.63) is 60.9 Å². The summed E-state index contributed by atoms with van der Waals surface area (Å²) in [6.45, 7) is 9.57. The molecule has 3 N–H and O–H groups in total. The van der Waals surface area contributed by atoms with Crippen molar-refractivity contribution in [1.29, 1.82) is 0 Å². The van der Waals surface area contributed by atoms with E-state index in [1.54, 1.807) is 0 Å². The van der Waals surface area contributed by atoms with Gasteiger partial charge in [-0.25, -0.2) is 0 Å². The zero-order chi connectivity index (χ0) is 23.6. The SMILES string of the molecule is C=c1c2c(c(=O)cc3c1=C1C=C(C)N(C4CC4)C(C)=C1C3=O)[C@]1(O)[C@H](O2)O[C@H](C)[C@H](O)[C@H]1O. The van der Waals surface area contributed by atoms with E-state index in [4.69, 9.17) is 9.47 Å². The number of rotatable bonds is 1. The Morgan fingerprint density at radius 2 is 1.91 bits per heavy atom. The average Bonchev–Trinajstić information content (AvgIpc) is 3.50. The maximum absolute atomic E-state index is 13.5. The van der Waals surface area contributed by atoms with Gasteiger partial charge in [0.2, 0.25) is 6.29 Å². The topological polar surface area (TPSA) is 117 Å². The van der Waals surface area contributed by atoms with Crippen LogP contribution in [-0.2, 0) is 10.3 Å². The molecule has 0 bridgehead atoms. The lowest BCUT2D eigenvalue weighted by Crippen LogP contribution is -2.63. The van der Waals surface area contributed by atoms with E-state index in [1.807, 2.05) is 19.9 Å². The van der Waals surface area contributed by atoms with Crippen molar-refractivity contribution in [3.63, 3.8) is 0 Å². The van der Waals surface area contributed by atoms with Crippen molar-refractivity contribution < 1.29 is 29.6 Å². The number of hydrogen-bond donors (Lipinski definition) is 3. The summed E-state index contributed by atoms with van der Waals surface area (Å²) in [5, 5.41) is 33.2. The molecular weight excluding hydrogens is 426 g/mol. The Morgan fingerprint density at radius 3 is 2.58 bits per heavy atom. The first-order valence-corrected chi connectivity index (χ1v) is 11.2. The number of carbonyl (C=O) groups is 1. The van der Waals surface area contributed by atoms with Gasteiger partial charge in [-0.05, 0) is 51.3 Å². The molecule has 1 aromatic rings. The number of fused-ring (bicyclic) bond motifs is 5. The van der Waals surface area contributed by atoms with Gasteiger partial charge >= 0.3 is 0 Å². The smallest absolute Gasteiger partial charge is 0.236 e. The van der Waals surface area contributed by atoms with E-state index in [-0.39, 0.29) is 27.9 Å². The summed E-state index contributed by atoms with van der Waals surface area (Å²) in [6, 6.07) is 1.57. The van der Waals surface area contributed by atoms with Crippen molar-refractivity contribution in [3.8, 4) is 5.75 Å². The number of ether oxygens (including phenoxy) is 2. The third-order valence-corrected chi connectivity index (χ3v) is 7.55. The highest BCUT2D eigenvalue weighted by atomic mass is 16.7. The number of nitrogens with zero attached hydrogens (tertiary/aromatic N) is 1. The van der Waals surface area contributed by atoms with Crippen LogP contribution in [-0.4, -0.2) is 56.6 Å². The van der Waals surface area contributed by atoms with Gasteiger partial charge in [0.15, 0.2) is 16.8 Å². The number of aliphatic hydroxyl groups is 3. The van der Waals surface area contributed by atoms with Gasteiger partial charge in [-0.1, -0.05) is 6.58 Å². The first-order chi connectivity index (χ1) is 15.6. The van der Waals surface area contributed by atoms with Crippen LogP contribution in [0, 0.1) is 0 Å². The van der Waals surface area contributed by atoms with E-state index in [0.717, 1.165) is 24.2 Å². The Balaban J connectivity index is 1.67. The van der Waals surface area contributed by atoms with E-state index in [9.17, 15) is 24.9 Å². The van der Waals surface area contributed by atoms with Crippen LogP contribution in [0.4, 0.5) is 0 Å². The standard InChI is InChI=1S/C25H25NO7/c1-9-7-14-17-10(2)22-19(25(31)23(30)20(28)12(4)32-24(25)33-22)16(27)8-15(17)21(29)18(14)11(3)26(9)13-5-6-13/h7-8,12-13,20,23-24,28,30-31H,2,5-6H2,1,3-4H3/t12-,20+,23-,24+,25-/m1/s1. The number of hydrogen-bond acceptors (Lipinski definition) is 8. The van der Waals surface area contributed by atoms with Crippen molar-refractivity contribution in [2.45, 2.75) is 69.9 Å². The van der Waals surface area contributed by atoms with Crippen molar-refractivity contribution in [2.75, 3.05) is 0 Å². The molecular formula is C25H25NO7. The minimum Gasteiger partial charge on any atom is -0.460 e. The van der Waals surface area contributed by atoms with E-state index < -0.39 is 35.6 Å². The minimum atomic E-state index is -2.29. The molecule has 1 aromatic carbocycles. The molecule has 5 aliphatic rings. The van der Waals surface area contributed by atoms with Crippen LogP contribution in [0.1, 0.15) is 49.5 Å². The van der Waals surface area contributed by atoms with Gasteiger partial charge in [0.05, 0.1) is 11.7 Å². The number of ketones is 1. The molecule has 0 unspecified atom stereocenters. The predicted molar refractivity (Wildman–Crippen MR) is 117 cm³/mol. The second-order valence-electron chi connectivity index (χ2n) is 9.62. The van der Waals surface area contributed by atoms with Gasteiger partial charge < -0.3 is 29.7 Å². The maximum atomic E-state index is 13.5. The molecule has 6 rings (SSSR count). The van der Waals surface area contributed by atoms with Crippen molar-refractivity contribution >= 4 is 17.9 Å². The van der Waals surface area contributed by atoms with Crippen LogP contribution in [0.25, 0.3) is 12.2 Å². The van der Waals surface area contributed by atoms with Crippen molar-refractivity contribution in [2.24, 2.45) is 0 Å². The first kappa shape index (κ1) is 20.8. The number of allylic oxidation sites excluding steroid dienone is 4. The molecule has 33 heavy (non-hydrogen) atoms. The highest BCUT2D eigenvalue weighted by molar-refractivity contribution is 6.23. The molecule has 3 aliphatic heterocycles. The third kappa shape index (κ3) is 2.44. The summed E-state index contributed by atoms with van der Waals surface area (Å²) in [5.41, 5.74) is 0.0295. The number of Topliss-reactive ketones (excluding diaryl/α,β-unsaturated/α-hetero) is 1. The van der Waals surface area contributed by atoms with E-state index in [1.165, 1.54) is 13.0 Å². The molecule has 0 aromatic heterocycles. The third-order valence-electron chi connectivity index (χ3n) is 7.55. The highest BCUT2D eigenvalue weighted by Gasteiger charge is 2.62. The molecule has 0 amide bonds. The number of carbonyl (C=O) groups excluding carboxylic acids is 1. The Labute approximate surface area is 189 Å². The molecule has 1 saturated carbocycles. The molecule has 8 heteroatoms. The molecule has 0 radical (unpaired) electrons. The van der Waals surface area contributed by atoms with Gasteiger partial charge in [0, 0.05) is 39.0 Å². The quantitative estimate of drug-likeness (QED) is 0.524. The van der Waals surface area contributed by atoms with Crippen LogP contribution in [0.15, 0.2) is 33.9 Å². The second kappa shape index (κ2) is 6.42. The summed E-state index contributed by atoms with van der Waals surface area (Å²) < 4.78 is 11.5. The zero-order valence-electron chi connectivity index (χ0n) is 18.6. The number of aliphatic hydroxyl groups excluding tert-OH is 2. The predicted octanol–water partition coefficient (Wildman–Crippen LogP) is -0.493. The van der Waals surface area contributed by atoms with Crippen LogP contribution in [0.2, 0.25) is 0 Å². The summed E-state index contributed by atoms with van der Waals surface area (Å²) in [6.07, 6.45) is -1.30. The summed E-state index contributed by atoms with van der Waals surface area (Å²) in [7, 11) is 0. The zero-order valence-corrected chi connectivity index (χ0v) is 18.6. The normalized spacial score (nSPS) is 34.5. The molecule has 2 aliphatic carbocycles. The largest absolute Gasteiger partial charge is 0.460 e. The van der Waals surface area contributed by atoms with E-state index in [0.29, 0.717) is 22.4 Å². The van der Waals surface area contributed by atoms with Gasteiger partial charge in [-0.2, -0.15) is 0 Å². The van der Waals surface area contributed by atoms with Crippen LogP contribution < -0.4 is 20.6 Å².